The molecule has 1 heterocycles. The zero-order valence-corrected chi connectivity index (χ0v) is 12.2. The third kappa shape index (κ3) is 2.91. The number of nitrogens with zero attached hydrogens (tertiary/aromatic N) is 1. The maximum atomic E-state index is 11.9. The molecule has 0 unspecified atom stereocenters. The molecule has 0 spiro atoms. The maximum absolute atomic E-state index is 11.9. The van der Waals surface area contributed by atoms with Crippen molar-refractivity contribution in [1.29, 1.82) is 0 Å². The van der Waals surface area contributed by atoms with E-state index in [0.717, 1.165) is 4.88 Å². The average molecular weight is 283 g/mol. The van der Waals surface area contributed by atoms with Crippen LogP contribution in [0.15, 0.2) is 30.3 Å². The number of benzene rings is 1. The van der Waals surface area contributed by atoms with Crippen molar-refractivity contribution in [1.82, 2.24) is 4.31 Å². The van der Waals surface area contributed by atoms with Crippen LogP contribution in [0.2, 0.25) is 0 Å². The Morgan fingerprint density at radius 3 is 2.67 bits per heavy atom. The largest absolute Gasteiger partial charge is 0.214 e. The fourth-order valence-electron chi connectivity index (χ4n) is 1.85. The third-order valence-electron chi connectivity index (χ3n) is 2.79. The molecule has 3 nitrogen and oxygen atoms in total. The molecule has 98 valence electrons. The zero-order chi connectivity index (χ0) is 13.2. The highest BCUT2D eigenvalue weighted by atomic mass is 32.2. The van der Waals surface area contributed by atoms with E-state index in [0.29, 0.717) is 13.0 Å². The minimum atomic E-state index is -3.11. The molecule has 0 fully saturated rings. The van der Waals surface area contributed by atoms with Crippen LogP contribution in [0.5, 0.6) is 0 Å². The van der Waals surface area contributed by atoms with Crippen LogP contribution >= 0.6 is 11.3 Å². The summed E-state index contributed by atoms with van der Waals surface area (Å²) in [6, 6.07) is 10.2. The van der Waals surface area contributed by atoms with Crippen LogP contribution in [0.3, 0.4) is 0 Å². The summed E-state index contributed by atoms with van der Waals surface area (Å²) >= 11 is 1.65. The second kappa shape index (κ2) is 5.38. The van der Waals surface area contributed by atoms with E-state index in [-0.39, 0.29) is 5.75 Å². The van der Waals surface area contributed by atoms with Crippen LogP contribution in [0.25, 0.3) is 10.1 Å². The van der Waals surface area contributed by atoms with E-state index in [4.69, 9.17) is 0 Å². The Morgan fingerprint density at radius 1 is 1.28 bits per heavy atom. The minimum absolute atomic E-state index is 0.217. The van der Waals surface area contributed by atoms with E-state index in [2.05, 4.69) is 18.2 Å². The summed E-state index contributed by atoms with van der Waals surface area (Å²) in [7, 11) is -1.46. The molecule has 1 aromatic carbocycles. The Kier molecular flexibility index (Phi) is 4.04. The van der Waals surface area contributed by atoms with Gasteiger partial charge in [0.15, 0.2) is 0 Å². The topological polar surface area (TPSA) is 37.4 Å². The lowest BCUT2D eigenvalue weighted by molar-refractivity contribution is 0.469. The van der Waals surface area contributed by atoms with Gasteiger partial charge >= 0.3 is 0 Å². The summed E-state index contributed by atoms with van der Waals surface area (Å²) in [5.41, 5.74) is 0. The molecule has 0 N–H and O–H groups in total. The highest BCUT2D eigenvalue weighted by Gasteiger charge is 2.17. The van der Waals surface area contributed by atoms with E-state index >= 15 is 0 Å². The van der Waals surface area contributed by atoms with Gasteiger partial charge in [-0.2, -0.15) is 4.31 Å². The number of sulfonamides is 1. The predicted octanol–water partition coefficient (Wildman–Crippen LogP) is 3.07. The summed E-state index contributed by atoms with van der Waals surface area (Å²) in [4.78, 5) is 1.08. The lowest BCUT2D eigenvalue weighted by Gasteiger charge is -2.15. The molecule has 0 bridgehead atoms. The molecule has 5 heteroatoms. The van der Waals surface area contributed by atoms with Crippen LogP contribution in [0.1, 0.15) is 18.2 Å². The first-order chi connectivity index (χ1) is 8.53. The Hall–Kier alpha value is -0.910. The molecular formula is C13H17NO2S2. The van der Waals surface area contributed by atoms with Gasteiger partial charge in [0.05, 0.1) is 5.75 Å². The molecular weight excluding hydrogens is 266 g/mol. The molecule has 2 aromatic rings. The number of rotatable bonds is 5. The molecule has 0 aliphatic heterocycles. The molecule has 18 heavy (non-hydrogen) atoms. The molecule has 0 radical (unpaired) electrons. The highest BCUT2D eigenvalue weighted by molar-refractivity contribution is 7.89. The predicted molar refractivity (Wildman–Crippen MR) is 77.4 cm³/mol. The highest BCUT2D eigenvalue weighted by Crippen LogP contribution is 2.26. The van der Waals surface area contributed by atoms with E-state index in [1.54, 1.807) is 18.4 Å². The van der Waals surface area contributed by atoms with Crippen molar-refractivity contribution < 1.29 is 8.42 Å². The Balaban J connectivity index is 2.18. The van der Waals surface area contributed by atoms with Crippen LogP contribution in [-0.2, 0) is 16.6 Å². The van der Waals surface area contributed by atoms with Gasteiger partial charge in [-0.25, -0.2) is 8.42 Å². The lowest BCUT2D eigenvalue weighted by atomic mass is 10.2. The standard InChI is InChI=1S/C13H17NO2S2/c1-3-8-18(15,16)14(2)10-12-9-11-6-4-5-7-13(11)17-12/h4-7,9H,3,8,10H2,1-2H3. The van der Waals surface area contributed by atoms with Crippen molar-refractivity contribution in [2.45, 2.75) is 19.9 Å². The normalized spacial score (nSPS) is 12.4. The summed E-state index contributed by atoms with van der Waals surface area (Å²) in [5.74, 6) is 0.217. The smallest absolute Gasteiger partial charge is 0.212 e. The third-order valence-corrected chi connectivity index (χ3v) is 5.90. The van der Waals surface area contributed by atoms with Crippen molar-refractivity contribution >= 4 is 31.4 Å². The van der Waals surface area contributed by atoms with Crippen molar-refractivity contribution in [2.24, 2.45) is 0 Å². The van der Waals surface area contributed by atoms with Crippen LogP contribution in [0.4, 0.5) is 0 Å². The van der Waals surface area contributed by atoms with Crippen molar-refractivity contribution in [3.63, 3.8) is 0 Å². The second-order valence-electron chi connectivity index (χ2n) is 4.32. The minimum Gasteiger partial charge on any atom is -0.212 e. The Labute approximate surface area is 112 Å². The van der Waals surface area contributed by atoms with Crippen LogP contribution < -0.4 is 0 Å². The first-order valence-electron chi connectivity index (χ1n) is 5.94. The molecule has 0 aliphatic carbocycles. The van der Waals surface area contributed by atoms with Gasteiger partial charge in [-0.05, 0) is 23.9 Å². The first-order valence-corrected chi connectivity index (χ1v) is 8.37. The second-order valence-corrected chi connectivity index (χ2v) is 7.69. The summed E-state index contributed by atoms with van der Waals surface area (Å²) in [6.45, 7) is 2.34. The van der Waals surface area contributed by atoms with Gasteiger partial charge in [0, 0.05) is 23.2 Å². The molecule has 0 aliphatic rings. The molecule has 2 rings (SSSR count). The monoisotopic (exact) mass is 283 g/mol. The summed E-state index contributed by atoms with van der Waals surface area (Å²) in [6.07, 6.45) is 0.652. The van der Waals surface area contributed by atoms with Gasteiger partial charge in [-0.3, -0.25) is 0 Å². The molecule has 0 amide bonds. The Bertz CT molecular complexity index is 598. The van der Waals surface area contributed by atoms with Crippen molar-refractivity contribution in [3.05, 3.63) is 35.2 Å². The van der Waals surface area contributed by atoms with Crippen molar-refractivity contribution in [3.8, 4) is 0 Å². The molecule has 0 atom stereocenters. The zero-order valence-electron chi connectivity index (χ0n) is 10.6. The lowest BCUT2D eigenvalue weighted by Crippen LogP contribution is -2.28. The maximum Gasteiger partial charge on any atom is 0.214 e. The number of hydrogen-bond acceptors (Lipinski definition) is 3. The van der Waals surface area contributed by atoms with Crippen LogP contribution in [0, 0.1) is 0 Å². The van der Waals surface area contributed by atoms with E-state index in [1.165, 1.54) is 14.4 Å². The average Bonchev–Trinajstić information content (AvgIpc) is 2.70. The molecule has 0 saturated heterocycles. The van der Waals surface area contributed by atoms with Gasteiger partial charge in [0.1, 0.15) is 0 Å². The summed E-state index contributed by atoms with van der Waals surface area (Å²) < 4.78 is 26.4. The van der Waals surface area contributed by atoms with Gasteiger partial charge in [0.25, 0.3) is 0 Å². The fourth-order valence-corrected chi connectivity index (χ4v) is 4.21. The SMILES string of the molecule is CCCS(=O)(=O)N(C)Cc1cc2ccccc2s1. The Morgan fingerprint density at radius 2 is 2.00 bits per heavy atom. The van der Waals surface area contributed by atoms with E-state index < -0.39 is 10.0 Å². The van der Waals surface area contributed by atoms with Gasteiger partial charge in [0.2, 0.25) is 10.0 Å². The van der Waals surface area contributed by atoms with Gasteiger partial charge in [-0.1, -0.05) is 25.1 Å². The van der Waals surface area contributed by atoms with E-state index in [9.17, 15) is 8.42 Å². The van der Waals surface area contributed by atoms with E-state index in [1.807, 2.05) is 19.1 Å². The van der Waals surface area contributed by atoms with Gasteiger partial charge in [-0.15, -0.1) is 11.3 Å². The number of fused-ring (bicyclic) bond motifs is 1. The number of thiophene rings is 1. The van der Waals surface area contributed by atoms with Crippen molar-refractivity contribution in [2.75, 3.05) is 12.8 Å². The van der Waals surface area contributed by atoms with Gasteiger partial charge < -0.3 is 0 Å². The quantitative estimate of drug-likeness (QED) is 0.845. The fraction of sp³-hybridized carbons (Fsp3) is 0.385. The number of hydrogen-bond donors (Lipinski definition) is 0. The molecule has 1 aromatic heterocycles. The molecule has 0 saturated carbocycles. The first kappa shape index (κ1) is 13.5. The van der Waals surface area contributed by atoms with Crippen LogP contribution in [-0.4, -0.2) is 25.5 Å². The summed E-state index contributed by atoms with van der Waals surface area (Å²) in [5, 5.41) is 1.18.